The van der Waals surface area contributed by atoms with Crippen LogP contribution in [0.3, 0.4) is 0 Å². The second-order valence-corrected chi connectivity index (χ2v) is 6.85. The minimum absolute atomic E-state index is 0.0447. The molecule has 1 aliphatic rings. The van der Waals surface area contributed by atoms with Crippen molar-refractivity contribution in [2.45, 2.75) is 45.6 Å². The number of nitrogens with one attached hydrogen (secondary N) is 2. The number of carbonyl (C=O) groups is 3. The summed E-state index contributed by atoms with van der Waals surface area (Å²) >= 11 is 0. The van der Waals surface area contributed by atoms with Crippen LogP contribution in [0.1, 0.15) is 48.5 Å². The van der Waals surface area contributed by atoms with Gasteiger partial charge in [-0.3, -0.25) is 9.59 Å². The van der Waals surface area contributed by atoms with Crippen LogP contribution < -0.4 is 10.6 Å². The summed E-state index contributed by atoms with van der Waals surface area (Å²) in [6, 6.07) is 4.39. The van der Waals surface area contributed by atoms with Crippen LogP contribution in [0.15, 0.2) is 18.2 Å². The van der Waals surface area contributed by atoms with Gasteiger partial charge in [-0.2, -0.15) is 0 Å². The van der Waals surface area contributed by atoms with E-state index < -0.39 is 5.82 Å². The van der Waals surface area contributed by atoms with Crippen molar-refractivity contribution in [2.75, 3.05) is 26.2 Å². The van der Waals surface area contributed by atoms with Crippen molar-refractivity contribution in [2.24, 2.45) is 0 Å². The van der Waals surface area contributed by atoms with Crippen LogP contribution in [0, 0.1) is 12.7 Å². The highest BCUT2D eigenvalue weighted by Crippen LogP contribution is 2.12. The van der Waals surface area contributed by atoms with Crippen LogP contribution in [0.5, 0.6) is 0 Å². The summed E-state index contributed by atoms with van der Waals surface area (Å²) in [5, 5.41) is 5.66. The first-order valence-corrected chi connectivity index (χ1v) is 9.66. The van der Waals surface area contributed by atoms with E-state index in [1.807, 2.05) is 0 Å². The van der Waals surface area contributed by atoms with Gasteiger partial charge in [0.15, 0.2) is 0 Å². The largest absolute Gasteiger partial charge is 0.450 e. The molecule has 0 atom stereocenters. The number of likely N-dealkylation sites (tertiary alicyclic amines) is 1. The second-order valence-electron chi connectivity index (χ2n) is 6.85. The Morgan fingerprint density at radius 2 is 1.96 bits per heavy atom. The van der Waals surface area contributed by atoms with Crippen LogP contribution in [0.25, 0.3) is 0 Å². The van der Waals surface area contributed by atoms with Gasteiger partial charge in [0, 0.05) is 37.7 Å². The molecule has 1 fully saturated rings. The lowest BCUT2D eigenvalue weighted by Gasteiger charge is -2.31. The summed E-state index contributed by atoms with van der Waals surface area (Å²) in [5.41, 5.74) is 0.752. The molecule has 0 radical (unpaired) electrons. The Labute approximate surface area is 164 Å². The molecule has 7 nitrogen and oxygen atoms in total. The van der Waals surface area contributed by atoms with Gasteiger partial charge in [0.2, 0.25) is 5.91 Å². The zero-order valence-corrected chi connectivity index (χ0v) is 16.4. The minimum Gasteiger partial charge on any atom is -0.450 e. The molecule has 1 saturated heterocycles. The normalized spacial score (nSPS) is 14.5. The van der Waals surface area contributed by atoms with E-state index >= 15 is 0 Å². The number of nitrogens with zero attached hydrogens (tertiary/aromatic N) is 1. The molecule has 3 amide bonds. The number of halogens is 1. The Kier molecular flexibility index (Phi) is 8.22. The zero-order valence-electron chi connectivity index (χ0n) is 16.4. The van der Waals surface area contributed by atoms with Crippen molar-refractivity contribution < 1.29 is 23.5 Å². The van der Waals surface area contributed by atoms with E-state index in [1.54, 1.807) is 30.9 Å². The number of hydrogen-bond acceptors (Lipinski definition) is 4. The van der Waals surface area contributed by atoms with Gasteiger partial charge in [-0.1, -0.05) is 6.07 Å². The molecule has 2 N–H and O–H groups in total. The van der Waals surface area contributed by atoms with Gasteiger partial charge in [0.05, 0.1) is 6.61 Å². The predicted molar refractivity (Wildman–Crippen MR) is 102 cm³/mol. The highest BCUT2D eigenvalue weighted by atomic mass is 19.1. The van der Waals surface area contributed by atoms with Crippen LogP contribution in [-0.2, 0) is 9.53 Å². The maximum Gasteiger partial charge on any atom is 0.409 e. The lowest BCUT2D eigenvalue weighted by atomic mass is 10.1. The van der Waals surface area contributed by atoms with Gasteiger partial charge in [-0.05, 0) is 50.8 Å². The van der Waals surface area contributed by atoms with Crippen molar-refractivity contribution >= 4 is 17.9 Å². The van der Waals surface area contributed by atoms with E-state index in [4.69, 9.17) is 4.74 Å². The second kappa shape index (κ2) is 10.6. The smallest absolute Gasteiger partial charge is 0.409 e. The zero-order chi connectivity index (χ0) is 20.5. The number of amides is 3. The Bertz CT molecular complexity index is 703. The number of aryl methyl sites for hydroxylation is 1. The highest BCUT2D eigenvalue weighted by Gasteiger charge is 2.24. The van der Waals surface area contributed by atoms with Crippen molar-refractivity contribution in [1.29, 1.82) is 0 Å². The molecule has 1 aliphatic heterocycles. The Balaban J connectivity index is 1.62. The summed E-state index contributed by atoms with van der Waals surface area (Å²) in [6.07, 6.45) is 1.87. The lowest BCUT2D eigenvalue weighted by Crippen LogP contribution is -2.46. The third-order valence-electron chi connectivity index (χ3n) is 4.69. The third-order valence-corrected chi connectivity index (χ3v) is 4.69. The number of benzene rings is 1. The molecular weight excluding hydrogens is 365 g/mol. The topological polar surface area (TPSA) is 87.7 Å². The molecule has 0 unspecified atom stereocenters. The minimum atomic E-state index is -0.416. The quantitative estimate of drug-likeness (QED) is 0.697. The summed E-state index contributed by atoms with van der Waals surface area (Å²) < 4.78 is 18.5. The fourth-order valence-electron chi connectivity index (χ4n) is 3.01. The Hall–Kier alpha value is -2.64. The van der Waals surface area contributed by atoms with Gasteiger partial charge in [-0.15, -0.1) is 0 Å². The number of ether oxygens (including phenoxy) is 1. The maximum atomic E-state index is 13.5. The van der Waals surface area contributed by atoms with Gasteiger partial charge in [0.1, 0.15) is 5.82 Å². The predicted octanol–water partition coefficient (Wildman–Crippen LogP) is 2.38. The molecular formula is C20H28FN3O4. The first-order valence-electron chi connectivity index (χ1n) is 9.66. The van der Waals surface area contributed by atoms with E-state index in [-0.39, 0.29) is 29.5 Å². The fourth-order valence-corrected chi connectivity index (χ4v) is 3.01. The van der Waals surface area contributed by atoms with E-state index in [1.165, 1.54) is 6.07 Å². The van der Waals surface area contributed by atoms with Crippen molar-refractivity contribution in [3.8, 4) is 0 Å². The molecule has 0 bridgehead atoms. The first-order chi connectivity index (χ1) is 13.4. The van der Waals surface area contributed by atoms with E-state index in [9.17, 15) is 18.8 Å². The summed E-state index contributed by atoms with van der Waals surface area (Å²) in [5.74, 6) is -0.850. The van der Waals surface area contributed by atoms with Crippen molar-refractivity contribution in [3.05, 3.63) is 35.1 Å². The molecule has 2 rings (SSSR count). The third kappa shape index (κ3) is 6.51. The Morgan fingerprint density at radius 1 is 1.25 bits per heavy atom. The number of rotatable bonds is 7. The molecule has 0 spiro atoms. The molecule has 0 aromatic heterocycles. The van der Waals surface area contributed by atoms with Crippen LogP contribution in [-0.4, -0.2) is 55.1 Å². The maximum absolute atomic E-state index is 13.5. The monoisotopic (exact) mass is 393 g/mol. The molecule has 1 aromatic carbocycles. The van der Waals surface area contributed by atoms with Gasteiger partial charge in [-0.25, -0.2) is 9.18 Å². The molecule has 28 heavy (non-hydrogen) atoms. The van der Waals surface area contributed by atoms with Gasteiger partial charge < -0.3 is 20.3 Å². The van der Waals surface area contributed by atoms with Crippen molar-refractivity contribution in [3.63, 3.8) is 0 Å². The number of carbonyl (C=O) groups excluding carboxylic acids is 3. The van der Waals surface area contributed by atoms with E-state index in [0.29, 0.717) is 57.5 Å². The van der Waals surface area contributed by atoms with Crippen LogP contribution in [0.4, 0.5) is 9.18 Å². The number of piperidine rings is 1. The first kappa shape index (κ1) is 21.7. The average molecular weight is 393 g/mol. The molecule has 154 valence electrons. The van der Waals surface area contributed by atoms with Gasteiger partial charge in [0.25, 0.3) is 5.91 Å². The molecule has 1 heterocycles. The van der Waals surface area contributed by atoms with Gasteiger partial charge >= 0.3 is 6.09 Å². The van der Waals surface area contributed by atoms with E-state index in [0.717, 1.165) is 0 Å². The average Bonchev–Trinajstić information content (AvgIpc) is 2.68. The fraction of sp³-hybridized carbons (Fsp3) is 0.550. The van der Waals surface area contributed by atoms with Crippen LogP contribution in [0.2, 0.25) is 0 Å². The molecule has 1 aromatic rings. The van der Waals surface area contributed by atoms with Crippen LogP contribution >= 0.6 is 0 Å². The SMILES string of the molecule is CCOC(=O)N1CCC(NC(=O)CCCNC(=O)c2ccc(C)c(F)c2)CC1. The molecule has 0 aliphatic carbocycles. The van der Waals surface area contributed by atoms with E-state index in [2.05, 4.69) is 10.6 Å². The highest BCUT2D eigenvalue weighted by molar-refractivity contribution is 5.94. The molecule has 0 saturated carbocycles. The lowest BCUT2D eigenvalue weighted by molar-refractivity contribution is -0.122. The summed E-state index contributed by atoms with van der Waals surface area (Å²) in [7, 11) is 0. The summed E-state index contributed by atoms with van der Waals surface area (Å²) in [4.78, 5) is 37.3. The standard InChI is InChI=1S/C20H28FN3O4/c1-3-28-20(27)24-11-8-16(9-12-24)23-18(25)5-4-10-22-19(26)15-7-6-14(2)17(21)13-15/h6-7,13,16H,3-5,8-12H2,1-2H3,(H,22,26)(H,23,25). The summed E-state index contributed by atoms with van der Waals surface area (Å²) in [6.45, 7) is 5.22. The van der Waals surface area contributed by atoms with Crippen molar-refractivity contribution in [1.82, 2.24) is 15.5 Å². The molecule has 8 heteroatoms. The Morgan fingerprint density at radius 3 is 2.61 bits per heavy atom. The number of hydrogen-bond donors (Lipinski definition) is 2.